The van der Waals surface area contributed by atoms with Crippen LogP contribution in [0, 0.1) is 6.92 Å². The number of benzene rings is 3. The molecule has 0 aliphatic rings. The lowest BCUT2D eigenvalue weighted by Gasteiger charge is -2.17. The number of rotatable bonds is 5. The van der Waals surface area contributed by atoms with E-state index in [0.29, 0.717) is 0 Å². The molecule has 0 unspecified atom stereocenters. The SMILES string of the molecule is COc1ccc(C/C(=C\N(C)C)c2ccccc2C)c2ccccc12. The maximum Gasteiger partial charge on any atom is 0.126 e. The van der Waals surface area contributed by atoms with Crippen LogP contribution in [-0.2, 0) is 6.42 Å². The van der Waals surface area contributed by atoms with Crippen LogP contribution in [0.3, 0.4) is 0 Å². The van der Waals surface area contributed by atoms with Gasteiger partial charge in [-0.15, -0.1) is 0 Å². The van der Waals surface area contributed by atoms with E-state index in [1.807, 2.05) is 0 Å². The van der Waals surface area contributed by atoms with Gasteiger partial charge in [-0.05, 0) is 40.6 Å². The van der Waals surface area contributed by atoms with Gasteiger partial charge in [-0.2, -0.15) is 0 Å². The second kappa shape index (κ2) is 7.43. The van der Waals surface area contributed by atoms with Gasteiger partial charge in [0, 0.05) is 32.1 Å². The first-order valence-corrected chi connectivity index (χ1v) is 8.58. The van der Waals surface area contributed by atoms with Crippen LogP contribution in [0.4, 0.5) is 0 Å². The summed E-state index contributed by atoms with van der Waals surface area (Å²) in [6.07, 6.45) is 3.11. The lowest BCUT2D eigenvalue weighted by atomic mass is 9.92. The number of nitrogens with zero attached hydrogens (tertiary/aromatic N) is 1. The van der Waals surface area contributed by atoms with Gasteiger partial charge < -0.3 is 9.64 Å². The van der Waals surface area contributed by atoms with Crippen molar-refractivity contribution in [2.45, 2.75) is 13.3 Å². The van der Waals surface area contributed by atoms with Crippen molar-refractivity contribution in [2.75, 3.05) is 21.2 Å². The summed E-state index contributed by atoms with van der Waals surface area (Å²) in [5.74, 6) is 0.924. The number of allylic oxidation sites excluding steroid dienone is 1. The molecular formula is C23H25NO. The average Bonchev–Trinajstić information content (AvgIpc) is 2.61. The zero-order chi connectivity index (χ0) is 17.8. The molecule has 0 atom stereocenters. The van der Waals surface area contributed by atoms with Crippen molar-refractivity contribution >= 4 is 16.3 Å². The van der Waals surface area contributed by atoms with Crippen LogP contribution in [0.5, 0.6) is 5.75 Å². The molecular weight excluding hydrogens is 306 g/mol. The van der Waals surface area contributed by atoms with E-state index in [-0.39, 0.29) is 0 Å². The Morgan fingerprint density at radius 2 is 1.60 bits per heavy atom. The predicted octanol–water partition coefficient (Wildman–Crippen LogP) is 5.30. The molecule has 0 saturated heterocycles. The highest BCUT2D eigenvalue weighted by molar-refractivity contribution is 5.92. The van der Waals surface area contributed by atoms with Crippen molar-refractivity contribution in [2.24, 2.45) is 0 Å². The number of hydrogen-bond acceptors (Lipinski definition) is 2. The Hall–Kier alpha value is -2.74. The zero-order valence-electron chi connectivity index (χ0n) is 15.4. The standard InChI is InChI=1S/C23H25NO/c1-17-9-5-6-10-20(17)19(16-24(2)3)15-18-13-14-23(25-4)22-12-8-7-11-21(18)22/h5-14,16H,15H2,1-4H3/b19-16+. The zero-order valence-corrected chi connectivity index (χ0v) is 15.4. The molecule has 2 nitrogen and oxygen atoms in total. The van der Waals surface area contributed by atoms with Crippen LogP contribution >= 0.6 is 0 Å². The number of aryl methyl sites for hydroxylation is 1. The normalized spacial score (nSPS) is 11.6. The quantitative estimate of drug-likeness (QED) is 0.629. The van der Waals surface area contributed by atoms with E-state index < -0.39 is 0 Å². The number of hydrogen-bond donors (Lipinski definition) is 0. The molecule has 3 aromatic rings. The van der Waals surface area contributed by atoms with E-state index in [2.05, 4.69) is 92.8 Å². The molecule has 3 aromatic carbocycles. The fourth-order valence-electron chi connectivity index (χ4n) is 3.33. The van der Waals surface area contributed by atoms with Gasteiger partial charge in [0.1, 0.15) is 5.75 Å². The molecule has 0 aliphatic heterocycles. The van der Waals surface area contributed by atoms with E-state index in [4.69, 9.17) is 4.74 Å². The van der Waals surface area contributed by atoms with Crippen LogP contribution in [0.25, 0.3) is 16.3 Å². The Morgan fingerprint density at radius 1 is 0.920 bits per heavy atom. The van der Waals surface area contributed by atoms with Gasteiger partial charge in [0.2, 0.25) is 0 Å². The predicted molar refractivity (Wildman–Crippen MR) is 107 cm³/mol. The van der Waals surface area contributed by atoms with Gasteiger partial charge in [-0.25, -0.2) is 0 Å². The number of methoxy groups -OCH3 is 1. The highest BCUT2D eigenvalue weighted by Gasteiger charge is 2.11. The maximum absolute atomic E-state index is 5.53. The lowest BCUT2D eigenvalue weighted by Crippen LogP contribution is -2.05. The smallest absolute Gasteiger partial charge is 0.126 e. The Labute approximate surface area is 150 Å². The van der Waals surface area contributed by atoms with Crippen LogP contribution in [0.2, 0.25) is 0 Å². The van der Waals surface area contributed by atoms with Crippen LogP contribution in [-0.4, -0.2) is 26.1 Å². The van der Waals surface area contributed by atoms with Gasteiger partial charge >= 0.3 is 0 Å². The lowest BCUT2D eigenvalue weighted by molar-refractivity contribution is 0.419. The summed E-state index contributed by atoms with van der Waals surface area (Å²) >= 11 is 0. The first-order valence-electron chi connectivity index (χ1n) is 8.58. The highest BCUT2D eigenvalue weighted by Crippen LogP contribution is 2.32. The summed E-state index contributed by atoms with van der Waals surface area (Å²) in [6, 6.07) is 21.3. The van der Waals surface area contributed by atoms with Gasteiger partial charge in [-0.3, -0.25) is 0 Å². The van der Waals surface area contributed by atoms with E-state index in [9.17, 15) is 0 Å². The molecule has 0 aliphatic carbocycles. The molecule has 3 rings (SSSR count). The first kappa shape index (κ1) is 17.1. The Bertz CT molecular complexity index is 909. The fourth-order valence-corrected chi connectivity index (χ4v) is 3.33. The largest absolute Gasteiger partial charge is 0.496 e. The molecule has 0 aromatic heterocycles. The highest BCUT2D eigenvalue weighted by atomic mass is 16.5. The Kier molecular flexibility index (Phi) is 5.08. The van der Waals surface area contributed by atoms with E-state index in [0.717, 1.165) is 17.6 Å². The minimum atomic E-state index is 0.882. The molecule has 2 heteroatoms. The summed E-state index contributed by atoms with van der Waals surface area (Å²) in [7, 11) is 5.88. The molecule has 0 saturated carbocycles. The third-order valence-corrected chi connectivity index (χ3v) is 4.48. The molecule has 0 bridgehead atoms. The Morgan fingerprint density at radius 3 is 2.28 bits per heavy atom. The van der Waals surface area contributed by atoms with Gasteiger partial charge in [0.15, 0.2) is 0 Å². The topological polar surface area (TPSA) is 12.5 Å². The molecule has 0 amide bonds. The van der Waals surface area contributed by atoms with E-state index >= 15 is 0 Å². The van der Waals surface area contributed by atoms with Crippen molar-refractivity contribution in [3.63, 3.8) is 0 Å². The van der Waals surface area contributed by atoms with E-state index in [1.54, 1.807) is 7.11 Å². The fraction of sp³-hybridized carbons (Fsp3) is 0.217. The van der Waals surface area contributed by atoms with Crippen molar-refractivity contribution in [3.8, 4) is 5.75 Å². The van der Waals surface area contributed by atoms with Crippen molar-refractivity contribution in [1.29, 1.82) is 0 Å². The van der Waals surface area contributed by atoms with Crippen molar-refractivity contribution in [3.05, 3.63) is 83.6 Å². The second-order valence-electron chi connectivity index (χ2n) is 6.58. The summed E-state index contributed by atoms with van der Waals surface area (Å²) in [5, 5.41) is 2.41. The minimum absolute atomic E-state index is 0.882. The van der Waals surface area contributed by atoms with Crippen LogP contribution < -0.4 is 4.74 Å². The summed E-state index contributed by atoms with van der Waals surface area (Å²) in [5.41, 5.74) is 5.23. The van der Waals surface area contributed by atoms with Crippen LogP contribution in [0.1, 0.15) is 16.7 Å². The van der Waals surface area contributed by atoms with Gasteiger partial charge in [0.25, 0.3) is 0 Å². The first-order chi connectivity index (χ1) is 12.1. The molecule has 0 radical (unpaired) electrons. The van der Waals surface area contributed by atoms with Crippen molar-refractivity contribution < 1.29 is 4.74 Å². The third-order valence-electron chi connectivity index (χ3n) is 4.48. The molecule has 0 fully saturated rings. The summed E-state index contributed by atoms with van der Waals surface area (Å²) < 4.78 is 5.53. The number of fused-ring (bicyclic) bond motifs is 1. The summed E-state index contributed by atoms with van der Waals surface area (Å²) in [4.78, 5) is 2.12. The maximum atomic E-state index is 5.53. The Balaban J connectivity index is 2.10. The second-order valence-corrected chi connectivity index (χ2v) is 6.58. The van der Waals surface area contributed by atoms with Gasteiger partial charge in [-0.1, -0.05) is 54.6 Å². The third kappa shape index (κ3) is 3.69. The minimum Gasteiger partial charge on any atom is -0.496 e. The van der Waals surface area contributed by atoms with Crippen molar-refractivity contribution in [1.82, 2.24) is 4.90 Å². The summed E-state index contributed by atoms with van der Waals surface area (Å²) in [6.45, 7) is 2.17. The molecule has 0 heterocycles. The molecule has 0 N–H and O–H groups in total. The molecule has 25 heavy (non-hydrogen) atoms. The van der Waals surface area contributed by atoms with E-state index in [1.165, 1.54) is 27.6 Å². The number of ether oxygens (including phenoxy) is 1. The van der Waals surface area contributed by atoms with Gasteiger partial charge in [0.05, 0.1) is 7.11 Å². The molecule has 128 valence electrons. The molecule has 0 spiro atoms. The van der Waals surface area contributed by atoms with Crippen LogP contribution in [0.15, 0.2) is 66.9 Å². The average molecular weight is 331 g/mol. The monoisotopic (exact) mass is 331 g/mol.